The van der Waals surface area contributed by atoms with E-state index in [1.807, 2.05) is 4.83 Å². The van der Waals surface area contributed by atoms with Gasteiger partial charge < -0.3 is 4.74 Å². The summed E-state index contributed by atoms with van der Waals surface area (Å²) in [5, 5.41) is 14.4. The van der Waals surface area contributed by atoms with E-state index in [9.17, 15) is 18.5 Å². The van der Waals surface area contributed by atoms with E-state index in [4.69, 9.17) is 4.74 Å². The van der Waals surface area contributed by atoms with Gasteiger partial charge in [0.05, 0.1) is 22.6 Å². The van der Waals surface area contributed by atoms with Crippen LogP contribution in [-0.2, 0) is 10.0 Å². The maximum Gasteiger partial charge on any atom is 0.276 e. The molecular weight excluding hydrogens is 358 g/mol. The first kappa shape index (κ1) is 19.4. The lowest BCUT2D eigenvalue weighted by atomic mass is 10.2. The van der Waals surface area contributed by atoms with Crippen LogP contribution in [0.25, 0.3) is 0 Å². The lowest BCUT2D eigenvalue weighted by Gasteiger charge is -2.08. The van der Waals surface area contributed by atoms with Gasteiger partial charge in [0.25, 0.3) is 15.7 Å². The molecule has 2 aromatic rings. The molecule has 0 aromatic heterocycles. The molecule has 0 aliphatic rings. The van der Waals surface area contributed by atoms with Crippen LogP contribution < -0.4 is 9.57 Å². The third-order valence-corrected chi connectivity index (χ3v) is 4.41. The molecule has 26 heavy (non-hydrogen) atoms. The van der Waals surface area contributed by atoms with E-state index in [1.165, 1.54) is 24.4 Å². The highest BCUT2D eigenvalue weighted by Gasteiger charge is 2.16. The minimum Gasteiger partial charge on any atom is -0.493 e. The number of nitrogens with one attached hydrogen (secondary N) is 1. The first-order valence-electron chi connectivity index (χ1n) is 7.80. The molecule has 0 saturated carbocycles. The maximum absolute atomic E-state index is 12.1. The van der Waals surface area contributed by atoms with E-state index < -0.39 is 14.9 Å². The molecule has 0 aliphatic carbocycles. The van der Waals surface area contributed by atoms with Gasteiger partial charge in [-0.2, -0.15) is 13.5 Å². The highest BCUT2D eigenvalue weighted by Crippen LogP contribution is 2.17. The number of nitrogens with zero attached hydrogens (tertiary/aromatic N) is 2. The summed E-state index contributed by atoms with van der Waals surface area (Å²) in [6.45, 7) is 4.71. The lowest BCUT2D eigenvalue weighted by molar-refractivity contribution is -0.385. The van der Waals surface area contributed by atoms with Crippen molar-refractivity contribution in [3.63, 3.8) is 0 Å². The normalized spacial score (nSPS) is 11.7. The van der Waals surface area contributed by atoms with Crippen LogP contribution in [0, 0.1) is 16.0 Å². The van der Waals surface area contributed by atoms with Gasteiger partial charge in [-0.1, -0.05) is 19.9 Å². The zero-order chi connectivity index (χ0) is 19.2. The minimum absolute atomic E-state index is 0.235. The van der Waals surface area contributed by atoms with Crippen LogP contribution >= 0.6 is 0 Å². The first-order chi connectivity index (χ1) is 12.3. The van der Waals surface area contributed by atoms with E-state index in [0.717, 1.165) is 6.07 Å². The summed E-state index contributed by atoms with van der Waals surface area (Å²) >= 11 is 0. The van der Waals surface area contributed by atoms with Gasteiger partial charge in [-0.15, -0.1) is 0 Å². The Labute approximate surface area is 151 Å². The molecule has 0 radical (unpaired) electrons. The Hall–Kier alpha value is -2.94. The van der Waals surface area contributed by atoms with Gasteiger partial charge in [0.2, 0.25) is 0 Å². The molecule has 0 spiro atoms. The molecule has 0 fully saturated rings. The molecule has 9 heteroatoms. The molecule has 1 N–H and O–H groups in total. The Kier molecular flexibility index (Phi) is 6.29. The van der Waals surface area contributed by atoms with Gasteiger partial charge in [0, 0.05) is 12.1 Å². The van der Waals surface area contributed by atoms with E-state index in [0.29, 0.717) is 23.8 Å². The molecule has 0 aliphatic heterocycles. The van der Waals surface area contributed by atoms with Crippen molar-refractivity contribution in [2.45, 2.75) is 18.7 Å². The first-order valence-corrected chi connectivity index (χ1v) is 9.28. The summed E-state index contributed by atoms with van der Waals surface area (Å²) in [6, 6.07) is 11.7. The molecule has 2 rings (SSSR count). The van der Waals surface area contributed by atoms with Crippen molar-refractivity contribution in [1.29, 1.82) is 0 Å². The van der Waals surface area contributed by atoms with E-state index in [2.05, 4.69) is 18.9 Å². The van der Waals surface area contributed by atoms with Crippen molar-refractivity contribution in [3.05, 3.63) is 64.2 Å². The number of ether oxygens (including phenoxy) is 1. The molecule has 0 saturated heterocycles. The highest BCUT2D eigenvalue weighted by molar-refractivity contribution is 7.89. The van der Waals surface area contributed by atoms with Crippen LogP contribution in [0.5, 0.6) is 5.75 Å². The topological polar surface area (TPSA) is 111 Å². The summed E-state index contributed by atoms with van der Waals surface area (Å²) in [5.74, 6) is 1.13. The van der Waals surface area contributed by atoms with Gasteiger partial charge in [0.1, 0.15) is 5.75 Å². The standard InChI is InChI=1S/C17H19N3O5S/c1-13(2)12-25-16-8-6-14(7-9-16)11-18-19-26(23,24)17-5-3-4-15(10-17)20(21)22/h3-11,13,19H,12H2,1-2H3/b18-11+. The van der Waals surface area contributed by atoms with Crippen molar-refractivity contribution >= 4 is 21.9 Å². The molecule has 138 valence electrons. The Morgan fingerprint density at radius 3 is 2.54 bits per heavy atom. The van der Waals surface area contributed by atoms with E-state index in [-0.39, 0.29) is 10.6 Å². The molecule has 2 aromatic carbocycles. The monoisotopic (exact) mass is 377 g/mol. The molecular formula is C17H19N3O5S. The van der Waals surface area contributed by atoms with Crippen molar-refractivity contribution in [2.24, 2.45) is 11.0 Å². The number of hydrogen-bond donors (Lipinski definition) is 1. The van der Waals surface area contributed by atoms with Gasteiger partial charge in [-0.05, 0) is 41.8 Å². The number of sulfonamides is 1. The van der Waals surface area contributed by atoms with Crippen molar-refractivity contribution in [2.75, 3.05) is 6.61 Å². The van der Waals surface area contributed by atoms with Crippen molar-refractivity contribution in [1.82, 2.24) is 4.83 Å². The number of non-ortho nitro benzene ring substituents is 1. The molecule has 8 nitrogen and oxygen atoms in total. The number of nitro groups is 1. The Morgan fingerprint density at radius 2 is 1.92 bits per heavy atom. The number of nitro benzene ring substituents is 1. The second kappa shape index (κ2) is 8.43. The zero-order valence-electron chi connectivity index (χ0n) is 14.3. The smallest absolute Gasteiger partial charge is 0.276 e. The van der Waals surface area contributed by atoms with Gasteiger partial charge in [-0.3, -0.25) is 10.1 Å². The Bertz CT molecular complexity index is 893. The molecule has 0 heterocycles. The Balaban J connectivity index is 2.02. The van der Waals surface area contributed by atoms with Crippen LogP contribution in [-0.4, -0.2) is 26.2 Å². The van der Waals surface area contributed by atoms with Gasteiger partial charge in [0.15, 0.2) is 0 Å². The van der Waals surface area contributed by atoms with Crippen LogP contribution in [0.4, 0.5) is 5.69 Å². The predicted molar refractivity (Wildman–Crippen MR) is 97.8 cm³/mol. The second-order valence-corrected chi connectivity index (χ2v) is 7.54. The lowest BCUT2D eigenvalue weighted by Crippen LogP contribution is -2.18. The minimum atomic E-state index is -3.99. The SMILES string of the molecule is CC(C)COc1ccc(/C=N/NS(=O)(=O)c2cccc([N+](=O)[O-])c2)cc1. The average Bonchev–Trinajstić information content (AvgIpc) is 2.61. The number of hydrogen-bond acceptors (Lipinski definition) is 6. The third kappa shape index (κ3) is 5.55. The quantitative estimate of drug-likeness (QED) is 0.432. The molecule has 0 unspecified atom stereocenters. The fraction of sp³-hybridized carbons (Fsp3) is 0.235. The average molecular weight is 377 g/mol. The summed E-state index contributed by atoms with van der Waals surface area (Å²) in [5.41, 5.74) is 0.359. The van der Waals surface area contributed by atoms with Gasteiger partial charge >= 0.3 is 0 Å². The highest BCUT2D eigenvalue weighted by atomic mass is 32.2. The second-order valence-electron chi connectivity index (χ2n) is 5.88. The van der Waals surface area contributed by atoms with Gasteiger partial charge in [-0.25, -0.2) is 4.83 Å². The summed E-state index contributed by atoms with van der Waals surface area (Å²) in [7, 11) is -3.99. The largest absolute Gasteiger partial charge is 0.493 e. The fourth-order valence-corrected chi connectivity index (χ4v) is 2.73. The number of rotatable bonds is 8. The molecule has 0 atom stereocenters. The maximum atomic E-state index is 12.1. The van der Waals surface area contributed by atoms with Crippen LogP contribution in [0.15, 0.2) is 58.5 Å². The third-order valence-electron chi connectivity index (χ3n) is 3.19. The van der Waals surface area contributed by atoms with Crippen LogP contribution in [0.3, 0.4) is 0 Å². The van der Waals surface area contributed by atoms with Crippen LogP contribution in [0.1, 0.15) is 19.4 Å². The molecule has 0 bridgehead atoms. The number of hydrazone groups is 1. The zero-order valence-corrected chi connectivity index (χ0v) is 15.1. The summed E-state index contributed by atoms with van der Waals surface area (Å²) in [6.07, 6.45) is 1.33. The van der Waals surface area contributed by atoms with Crippen molar-refractivity contribution in [3.8, 4) is 5.75 Å². The summed E-state index contributed by atoms with van der Waals surface area (Å²) < 4.78 is 29.8. The molecule has 0 amide bonds. The predicted octanol–water partition coefficient (Wildman–Crippen LogP) is 2.94. The fourth-order valence-electron chi connectivity index (χ4n) is 1.90. The van der Waals surface area contributed by atoms with Crippen molar-refractivity contribution < 1.29 is 18.1 Å². The Morgan fingerprint density at radius 1 is 1.23 bits per heavy atom. The number of benzene rings is 2. The van der Waals surface area contributed by atoms with E-state index >= 15 is 0 Å². The summed E-state index contributed by atoms with van der Waals surface area (Å²) in [4.78, 5) is 11.9. The van der Waals surface area contributed by atoms with Crippen LogP contribution in [0.2, 0.25) is 0 Å². The van der Waals surface area contributed by atoms with E-state index in [1.54, 1.807) is 24.3 Å².